The lowest BCUT2D eigenvalue weighted by atomic mass is 9.84. The Morgan fingerprint density at radius 3 is 2.28 bits per heavy atom. The normalized spacial score (nSPS) is 28.6. The second-order valence-electron chi connectivity index (χ2n) is 13.8. The number of amides is 4. The Morgan fingerprint density at radius 2 is 1.78 bits per heavy atom. The average Bonchev–Trinajstić information content (AvgIpc) is 3.08. The molecule has 36 heavy (non-hydrogen) atoms. The molecule has 0 spiro atoms. The minimum Gasteiger partial charge on any atom is -0.356 e. The molecule has 9 heteroatoms. The van der Waals surface area contributed by atoms with Crippen LogP contribution < -0.4 is 16.0 Å². The highest BCUT2D eigenvalue weighted by molar-refractivity contribution is 5.94. The van der Waals surface area contributed by atoms with Gasteiger partial charge in [0.25, 0.3) is 0 Å². The van der Waals surface area contributed by atoms with Crippen molar-refractivity contribution >= 4 is 29.9 Å². The average molecular weight is 505 g/mol. The summed E-state index contributed by atoms with van der Waals surface area (Å²) in [6, 6.07) is -2.30. The van der Waals surface area contributed by atoms with Crippen LogP contribution in [-0.2, 0) is 24.0 Å². The largest absolute Gasteiger partial charge is 0.356 e. The van der Waals surface area contributed by atoms with Gasteiger partial charge in [-0.05, 0) is 40.9 Å². The fourth-order valence-electron chi connectivity index (χ4n) is 5.91. The summed E-state index contributed by atoms with van der Waals surface area (Å²) in [5.74, 6) is -1.09. The van der Waals surface area contributed by atoms with Gasteiger partial charge in [-0.25, -0.2) is 0 Å². The molecule has 3 aliphatic rings. The maximum atomic E-state index is 13.9. The SMILES string of the molecule is CC(C)(C)CC(=O)N[C@H](C(=O)N1C[C@H]2[C@@H]([C@H]1C(=O)N[C@H](C=O)C[C@@H]1CCNC1=O)C2(C)C)C(C)(C)C. The third kappa shape index (κ3) is 5.92. The van der Waals surface area contributed by atoms with Crippen molar-refractivity contribution in [1.82, 2.24) is 20.9 Å². The van der Waals surface area contributed by atoms with Gasteiger partial charge in [-0.1, -0.05) is 55.4 Å². The van der Waals surface area contributed by atoms with Gasteiger partial charge in [0, 0.05) is 25.4 Å². The molecule has 3 rings (SSSR count). The molecule has 0 unspecified atom stereocenters. The number of rotatable bonds is 8. The standard InChI is InChI=1S/C27H44N4O5/c1-25(2,3)12-18(33)30-21(26(4,5)6)24(36)31-13-17-19(27(17,7)8)20(31)23(35)29-16(14-32)11-15-9-10-28-22(15)34/h14-17,19-21H,9-13H2,1-8H3,(H,28,34)(H,29,35)(H,30,33)/t15-,16-,17-,19-,20-,21+/m0/s1. The Kier molecular flexibility index (Phi) is 7.64. The van der Waals surface area contributed by atoms with Crippen LogP contribution in [0.3, 0.4) is 0 Å². The van der Waals surface area contributed by atoms with Gasteiger partial charge in [0.1, 0.15) is 18.4 Å². The Morgan fingerprint density at radius 1 is 1.14 bits per heavy atom. The van der Waals surface area contributed by atoms with Crippen LogP contribution in [-0.4, -0.2) is 66.0 Å². The Labute approximate surface area is 214 Å². The summed E-state index contributed by atoms with van der Waals surface area (Å²) in [7, 11) is 0. The van der Waals surface area contributed by atoms with E-state index in [0.717, 1.165) is 0 Å². The van der Waals surface area contributed by atoms with Crippen LogP contribution in [0.4, 0.5) is 0 Å². The number of nitrogens with one attached hydrogen (secondary N) is 3. The van der Waals surface area contributed by atoms with E-state index in [9.17, 15) is 24.0 Å². The van der Waals surface area contributed by atoms with Gasteiger partial charge in [0.2, 0.25) is 23.6 Å². The Balaban J connectivity index is 1.78. The highest BCUT2D eigenvalue weighted by Gasteiger charge is 2.69. The summed E-state index contributed by atoms with van der Waals surface area (Å²) in [6.45, 7) is 16.8. The third-order valence-corrected chi connectivity index (χ3v) is 8.06. The monoisotopic (exact) mass is 504 g/mol. The van der Waals surface area contributed by atoms with E-state index in [4.69, 9.17) is 0 Å². The first-order valence-electron chi connectivity index (χ1n) is 13.1. The first-order valence-corrected chi connectivity index (χ1v) is 13.1. The quantitative estimate of drug-likeness (QED) is 0.434. The maximum Gasteiger partial charge on any atom is 0.246 e. The van der Waals surface area contributed by atoms with E-state index >= 15 is 0 Å². The summed E-state index contributed by atoms with van der Waals surface area (Å²) in [5, 5.41) is 8.51. The van der Waals surface area contributed by atoms with Crippen molar-refractivity contribution in [2.45, 2.75) is 92.8 Å². The molecule has 2 saturated heterocycles. The van der Waals surface area contributed by atoms with Crippen molar-refractivity contribution in [3.63, 3.8) is 0 Å². The molecule has 0 aromatic rings. The van der Waals surface area contributed by atoms with Crippen molar-refractivity contribution in [2.75, 3.05) is 13.1 Å². The zero-order valence-electron chi connectivity index (χ0n) is 23.1. The van der Waals surface area contributed by atoms with Crippen LogP contribution in [0, 0.1) is 34.0 Å². The van der Waals surface area contributed by atoms with E-state index in [2.05, 4.69) is 29.8 Å². The van der Waals surface area contributed by atoms with E-state index in [1.807, 2.05) is 41.5 Å². The fourth-order valence-corrected chi connectivity index (χ4v) is 5.91. The summed E-state index contributed by atoms with van der Waals surface area (Å²) < 4.78 is 0. The number of hydrogen-bond acceptors (Lipinski definition) is 5. The van der Waals surface area contributed by atoms with Crippen LogP contribution in [0.15, 0.2) is 0 Å². The van der Waals surface area contributed by atoms with Gasteiger partial charge >= 0.3 is 0 Å². The predicted octanol–water partition coefficient (Wildman–Crippen LogP) is 1.65. The van der Waals surface area contributed by atoms with Crippen molar-refractivity contribution in [1.29, 1.82) is 0 Å². The van der Waals surface area contributed by atoms with Gasteiger partial charge in [-0.3, -0.25) is 19.2 Å². The lowest BCUT2D eigenvalue weighted by molar-refractivity contribution is -0.146. The van der Waals surface area contributed by atoms with Crippen molar-refractivity contribution < 1.29 is 24.0 Å². The number of aldehydes is 1. The van der Waals surface area contributed by atoms with Gasteiger partial charge in [0.15, 0.2) is 0 Å². The molecule has 1 saturated carbocycles. The molecule has 9 nitrogen and oxygen atoms in total. The van der Waals surface area contributed by atoms with Gasteiger partial charge in [-0.15, -0.1) is 0 Å². The topological polar surface area (TPSA) is 125 Å². The molecule has 6 atom stereocenters. The molecule has 0 radical (unpaired) electrons. The van der Waals surface area contributed by atoms with Gasteiger partial charge in [-0.2, -0.15) is 0 Å². The highest BCUT2D eigenvalue weighted by atomic mass is 16.2. The van der Waals surface area contributed by atoms with Crippen LogP contribution in [0.5, 0.6) is 0 Å². The lowest BCUT2D eigenvalue weighted by Gasteiger charge is -2.38. The predicted molar refractivity (Wildman–Crippen MR) is 135 cm³/mol. The van der Waals surface area contributed by atoms with Crippen molar-refractivity contribution in [3.8, 4) is 0 Å². The summed E-state index contributed by atoms with van der Waals surface area (Å²) in [6.07, 6.45) is 1.83. The van der Waals surface area contributed by atoms with Crippen LogP contribution in [0.25, 0.3) is 0 Å². The molecule has 0 aromatic carbocycles. The van der Waals surface area contributed by atoms with E-state index in [1.165, 1.54) is 0 Å². The number of hydrogen-bond donors (Lipinski definition) is 3. The van der Waals surface area contributed by atoms with E-state index < -0.39 is 23.5 Å². The molecule has 2 aliphatic heterocycles. The number of fused-ring (bicyclic) bond motifs is 1. The smallest absolute Gasteiger partial charge is 0.246 e. The molecule has 3 fully saturated rings. The molecule has 0 aromatic heterocycles. The maximum absolute atomic E-state index is 13.9. The molecular formula is C27H44N4O5. The number of carbonyl (C=O) groups is 5. The molecule has 4 amide bonds. The van der Waals surface area contributed by atoms with Crippen LogP contribution in [0.2, 0.25) is 0 Å². The van der Waals surface area contributed by atoms with Gasteiger partial charge in [0.05, 0.1) is 6.04 Å². The Bertz CT molecular complexity index is 916. The second-order valence-corrected chi connectivity index (χ2v) is 13.8. The van der Waals surface area contributed by atoms with E-state index in [0.29, 0.717) is 25.8 Å². The lowest BCUT2D eigenvalue weighted by Crippen LogP contribution is -2.60. The fraction of sp³-hybridized carbons (Fsp3) is 0.815. The first-order chi connectivity index (χ1) is 16.5. The molecule has 0 bridgehead atoms. The minimum absolute atomic E-state index is 0.0190. The van der Waals surface area contributed by atoms with Crippen molar-refractivity contribution in [2.24, 2.45) is 34.0 Å². The zero-order chi connectivity index (χ0) is 27.2. The molecule has 2 heterocycles. The van der Waals surface area contributed by atoms with Crippen molar-refractivity contribution in [3.05, 3.63) is 0 Å². The summed E-state index contributed by atoms with van der Waals surface area (Å²) >= 11 is 0. The van der Waals surface area contributed by atoms with Gasteiger partial charge < -0.3 is 25.6 Å². The number of nitrogens with zero attached hydrogens (tertiary/aromatic N) is 1. The number of carbonyl (C=O) groups excluding carboxylic acids is 5. The van der Waals surface area contributed by atoms with Crippen LogP contribution in [0.1, 0.15) is 74.7 Å². The zero-order valence-corrected chi connectivity index (χ0v) is 23.1. The minimum atomic E-state index is -0.797. The molecule has 1 aliphatic carbocycles. The van der Waals surface area contributed by atoms with E-state index in [1.54, 1.807) is 4.90 Å². The van der Waals surface area contributed by atoms with Crippen LogP contribution >= 0.6 is 0 Å². The first kappa shape index (κ1) is 28.1. The number of piperidine rings is 1. The molecular weight excluding hydrogens is 460 g/mol. The highest BCUT2D eigenvalue weighted by Crippen LogP contribution is 2.65. The molecule has 3 N–H and O–H groups in total. The Hall–Kier alpha value is -2.45. The van der Waals surface area contributed by atoms with E-state index in [-0.39, 0.29) is 65.1 Å². The summed E-state index contributed by atoms with van der Waals surface area (Å²) in [5.41, 5.74) is -0.875. The third-order valence-electron chi connectivity index (χ3n) is 8.06. The second kappa shape index (κ2) is 9.78. The summed E-state index contributed by atoms with van der Waals surface area (Å²) in [4.78, 5) is 65.5. The number of likely N-dealkylation sites (tertiary alicyclic amines) is 1. The molecule has 202 valence electrons.